The molecule has 0 radical (unpaired) electrons. The van der Waals surface area contributed by atoms with E-state index in [9.17, 15) is 0 Å². The molecule has 0 amide bonds. The van der Waals surface area contributed by atoms with Gasteiger partial charge in [-0.05, 0) is 55.3 Å². The van der Waals surface area contributed by atoms with Crippen molar-refractivity contribution in [3.63, 3.8) is 0 Å². The fraction of sp³-hybridized carbons (Fsp3) is 0.231. The van der Waals surface area contributed by atoms with Gasteiger partial charge in [0.1, 0.15) is 0 Å². The molecule has 2 rings (SSSR count). The van der Waals surface area contributed by atoms with Crippen molar-refractivity contribution in [2.24, 2.45) is 4.99 Å². The van der Waals surface area contributed by atoms with Gasteiger partial charge in [-0.1, -0.05) is 18.2 Å². The zero-order valence-electron chi connectivity index (χ0n) is 9.66. The van der Waals surface area contributed by atoms with Crippen molar-refractivity contribution < 1.29 is 0 Å². The number of nitrogens with zero attached hydrogens (tertiary/aromatic N) is 1. The van der Waals surface area contributed by atoms with Crippen LogP contribution in [-0.4, -0.2) is 11.3 Å². The molecule has 1 aliphatic rings. The highest BCUT2D eigenvalue weighted by Gasteiger charge is 2.11. The van der Waals surface area contributed by atoms with Gasteiger partial charge in [-0.3, -0.25) is 0 Å². The summed E-state index contributed by atoms with van der Waals surface area (Å²) in [5.41, 5.74) is 6.04. The van der Waals surface area contributed by atoms with Crippen LogP contribution in [0, 0.1) is 13.8 Å². The maximum atomic E-state index is 4.98. The highest BCUT2D eigenvalue weighted by Crippen LogP contribution is 2.23. The third kappa shape index (κ3) is 1.91. The lowest BCUT2D eigenvalue weighted by Crippen LogP contribution is -2.13. The molecule has 0 bridgehead atoms. The number of benzene rings is 1. The standard InChI is InChI=1S/C13H14N2S/c1-8-5-4-6-11(9(8)2)10(3)12-7-14-13(16)15-12/h4-7H,1-3H3,(H,15,16). The summed E-state index contributed by atoms with van der Waals surface area (Å²) in [5, 5.41) is 3.63. The largest absolute Gasteiger partial charge is 0.329 e. The number of thiocarbonyl (C=S) groups is 1. The van der Waals surface area contributed by atoms with E-state index in [1.54, 1.807) is 6.21 Å². The smallest absolute Gasteiger partial charge is 0.197 e. The molecule has 1 aliphatic heterocycles. The summed E-state index contributed by atoms with van der Waals surface area (Å²) >= 11 is 4.98. The lowest BCUT2D eigenvalue weighted by atomic mass is 9.97. The molecule has 1 N–H and O–H groups in total. The van der Waals surface area contributed by atoms with Gasteiger partial charge >= 0.3 is 0 Å². The molecule has 0 saturated carbocycles. The van der Waals surface area contributed by atoms with E-state index in [2.05, 4.69) is 49.3 Å². The summed E-state index contributed by atoms with van der Waals surface area (Å²) in [5.74, 6) is 0. The predicted octanol–water partition coefficient (Wildman–Crippen LogP) is 2.99. The predicted molar refractivity (Wildman–Crippen MR) is 72.7 cm³/mol. The molecule has 1 aromatic rings. The Hall–Kier alpha value is -1.48. The Labute approximate surface area is 101 Å². The van der Waals surface area contributed by atoms with Crippen LogP contribution in [0.4, 0.5) is 0 Å². The molecule has 0 aliphatic carbocycles. The van der Waals surface area contributed by atoms with E-state index >= 15 is 0 Å². The number of allylic oxidation sites excluding steroid dienone is 2. The zero-order valence-corrected chi connectivity index (χ0v) is 10.5. The minimum Gasteiger partial charge on any atom is -0.329 e. The van der Waals surface area contributed by atoms with Crippen molar-refractivity contribution in [2.75, 3.05) is 0 Å². The summed E-state index contributed by atoms with van der Waals surface area (Å²) in [6.45, 7) is 6.35. The molecule has 0 atom stereocenters. The Balaban J connectivity index is 2.49. The first-order valence-electron chi connectivity index (χ1n) is 5.22. The van der Waals surface area contributed by atoms with Crippen molar-refractivity contribution >= 4 is 29.1 Å². The summed E-state index contributed by atoms with van der Waals surface area (Å²) in [6.07, 6.45) is 1.79. The number of nitrogens with one attached hydrogen (secondary N) is 1. The fourth-order valence-corrected chi connectivity index (χ4v) is 1.96. The first-order valence-corrected chi connectivity index (χ1v) is 5.63. The highest BCUT2D eigenvalue weighted by molar-refractivity contribution is 7.80. The van der Waals surface area contributed by atoms with Crippen LogP contribution in [0.1, 0.15) is 23.6 Å². The molecular formula is C13H14N2S. The molecule has 1 heterocycles. The Morgan fingerprint density at radius 2 is 2.06 bits per heavy atom. The summed E-state index contributed by atoms with van der Waals surface area (Å²) in [4.78, 5) is 4.05. The van der Waals surface area contributed by atoms with Crippen LogP contribution >= 0.6 is 12.2 Å². The first kappa shape index (κ1) is 11.0. The maximum absolute atomic E-state index is 4.98. The molecule has 82 valence electrons. The summed E-state index contributed by atoms with van der Waals surface area (Å²) < 4.78 is 0. The number of hydrogen-bond acceptors (Lipinski definition) is 1. The molecule has 1 aromatic carbocycles. The molecule has 2 nitrogen and oxygen atoms in total. The molecule has 16 heavy (non-hydrogen) atoms. The second kappa shape index (κ2) is 4.18. The molecule has 3 heteroatoms. The topological polar surface area (TPSA) is 24.4 Å². The Morgan fingerprint density at radius 1 is 1.31 bits per heavy atom. The van der Waals surface area contributed by atoms with Gasteiger partial charge in [0, 0.05) is 0 Å². The van der Waals surface area contributed by atoms with E-state index in [1.807, 2.05) is 0 Å². The molecule has 0 saturated heterocycles. The monoisotopic (exact) mass is 230 g/mol. The molecule has 0 fully saturated rings. The van der Waals surface area contributed by atoms with Crippen LogP contribution in [0.5, 0.6) is 0 Å². The minimum atomic E-state index is 0.541. The Morgan fingerprint density at radius 3 is 2.69 bits per heavy atom. The third-order valence-corrected chi connectivity index (χ3v) is 3.17. The molecule has 0 aromatic heterocycles. The van der Waals surface area contributed by atoms with Crippen LogP contribution in [0.25, 0.3) is 5.57 Å². The Kier molecular flexibility index (Phi) is 2.88. The molecular weight excluding hydrogens is 216 g/mol. The van der Waals surface area contributed by atoms with Gasteiger partial charge in [-0.2, -0.15) is 0 Å². The zero-order chi connectivity index (χ0) is 11.7. The van der Waals surface area contributed by atoms with E-state index in [0.29, 0.717) is 5.11 Å². The van der Waals surface area contributed by atoms with Crippen LogP contribution in [-0.2, 0) is 0 Å². The van der Waals surface area contributed by atoms with Crippen molar-refractivity contribution in [3.8, 4) is 0 Å². The van der Waals surface area contributed by atoms with Crippen LogP contribution in [0.3, 0.4) is 0 Å². The average molecular weight is 230 g/mol. The van der Waals surface area contributed by atoms with E-state index in [4.69, 9.17) is 12.2 Å². The van der Waals surface area contributed by atoms with Crippen molar-refractivity contribution in [2.45, 2.75) is 20.8 Å². The molecule has 0 spiro atoms. The Bertz CT molecular complexity index is 513. The van der Waals surface area contributed by atoms with E-state index < -0.39 is 0 Å². The van der Waals surface area contributed by atoms with Gasteiger partial charge in [0.05, 0.1) is 11.9 Å². The quantitative estimate of drug-likeness (QED) is 0.750. The number of aliphatic imine (C=N–C) groups is 1. The second-order valence-electron chi connectivity index (χ2n) is 3.97. The normalized spacial score (nSPS) is 17.6. The molecule has 0 unspecified atom stereocenters. The van der Waals surface area contributed by atoms with Gasteiger partial charge in [0.25, 0.3) is 0 Å². The van der Waals surface area contributed by atoms with Crippen LogP contribution < -0.4 is 5.32 Å². The first-order chi connectivity index (χ1) is 7.59. The van der Waals surface area contributed by atoms with Gasteiger partial charge < -0.3 is 5.32 Å². The summed E-state index contributed by atoms with van der Waals surface area (Å²) in [7, 11) is 0. The second-order valence-corrected chi connectivity index (χ2v) is 4.36. The van der Waals surface area contributed by atoms with E-state index in [0.717, 1.165) is 5.70 Å². The summed E-state index contributed by atoms with van der Waals surface area (Å²) in [6, 6.07) is 6.32. The third-order valence-electron chi connectivity index (χ3n) is 2.97. The SMILES string of the molecule is CC(=C1C=NC(=S)N1)c1cccc(C)c1C. The maximum Gasteiger partial charge on any atom is 0.197 e. The van der Waals surface area contributed by atoms with E-state index in [1.165, 1.54) is 22.3 Å². The fourth-order valence-electron chi connectivity index (χ4n) is 1.80. The van der Waals surface area contributed by atoms with Crippen molar-refractivity contribution in [1.29, 1.82) is 0 Å². The minimum absolute atomic E-state index is 0.541. The van der Waals surface area contributed by atoms with Gasteiger partial charge in [0.2, 0.25) is 0 Å². The van der Waals surface area contributed by atoms with Gasteiger partial charge in [0.15, 0.2) is 5.11 Å². The average Bonchev–Trinajstić information content (AvgIpc) is 2.68. The highest BCUT2D eigenvalue weighted by atomic mass is 32.1. The van der Waals surface area contributed by atoms with Crippen LogP contribution in [0.15, 0.2) is 28.9 Å². The lowest BCUT2D eigenvalue weighted by molar-refractivity contribution is 1.24. The van der Waals surface area contributed by atoms with Crippen molar-refractivity contribution in [3.05, 3.63) is 40.6 Å². The van der Waals surface area contributed by atoms with E-state index in [-0.39, 0.29) is 0 Å². The van der Waals surface area contributed by atoms with Crippen LogP contribution in [0.2, 0.25) is 0 Å². The number of rotatable bonds is 1. The van der Waals surface area contributed by atoms with Gasteiger partial charge in [-0.15, -0.1) is 0 Å². The number of hydrogen-bond donors (Lipinski definition) is 1. The lowest BCUT2D eigenvalue weighted by Gasteiger charge is -2.10. The van der Waals surface area contributed by atoms with Crippen molar-refractivity contribution in [1.82, 2.24) is 5.32 Å². The van der Waals surface area contributed by atoms with Gasteiger partial charge in [-0.25, -0.2) is 4.99 Å². The number of aryl methyl sites for hydroxylation is 1.